The number of hydrogen-bond acceptors (Lipinski definition) is 7. The molecule has 21 heavy (non-hydrogen) atoms. The van der Waals surface area contributed by atoms with Crippen LogP contribution < -0.4 is 5.11 Å². The molecule has 1 aliphatic rings. The quantitative estimate of drug-likeness (QED) is 0.688. The fraction of sp³-hybridized carbons (Fsp3) is 0.857. The van der Waals surface area contributed by atoms with Crippen LogP contribution in [0.25, 0.3) is 0 Å². The molecule has 1 fully saturated rings. The summed E-state index contributed by atoms with van der Waals surface area (Å²) in [7, 11) is 0. The highest BCUT2D eigenvalue weighted by Crippen LogP contribution is 2.21. The molecule has 1 N–H and O–H groups in total. The lowest BCUT2D eigenvalue weighted by atomic mass is 10.3. The SMILES string of the molecule is CC1(C)OCC(CO)O1.CCCC(=O)OC(C)CC(=O)[O-]. The lowest BCUT2D eigenvalue weighted by molar-refractivity contribution is -0.307. The van der Waals surface area contributed by atoms with Crippen molar-refractivity contribution in [1.82, 2.24) is 0 Å². The fourth-order valence-corrected chi connectivity index (χ4v) is 1.62. The number of carbonyl (C=O) groups excluding carboxylic acids is 2. The molecule has 1 saturated heterocycles. The van der Waals surface area contributed by atoms with E-state index in [0.717, 1.165) is 0 Å². The van der Waals surface area contributed by atoms with Crippen LogP contribution in [0.5, 0.6) is 0 Å². The molecule has 124 valence electrons. The third-order valence-corrected chi connectivity index (χ3v) is 2.51. The Morgan fingerprint density at radius 3 is 2.43 bits per heavy atom. The topological polar surface area (TPSA) is 105 Å². The number of ether oxygens (including phenoxy) is 3. The van der Waals surface area contributed by atoms with E-state index in [1.807, 2.05) is 20.8 Å². The average Bonchev–Trinajstić information content (AvgIpc) is 2.68. The second-order valence-corrected chi connectivity index (χ2v) is 5.26. The Hall–Kier alpha value is -1.18. The normalized spacial score (nSPS) is 21.1. The van der Waals surface area contributed by atoms with Crippen molar-refractivity contribution in [2.45, 2.75) is 65.0 Å². The number of aliphatic hydroxyl groups is 1. The van der Waals surface area contributed by atoms with Crippen LogP contribution in [0, 0.1) is 0 Å². The van der Waals surface area contributed by atoms with E-state index >= 15 is 0 Å². The van der Waals surface area contributed by atoms with Crippen LogP contribution in [-0.2, 0) is 23.8 Å². The van der Waals surface area contributed by atoms with Crippen molar-refractivity contribution in [1.29, 1.82) is 0 Å². The molecule has 0 saturated carbocycles. The van der Waals surface area contributed by atoms with Crippen LogP contribution >= 0.6 is 0 Å². The van der Waals surface area contributed by atoms with Gasteiger partial charge in [-0.15, -0.1) is 0 Å². The summed E-state index contributed by atoms with van der Waals surface area (Å²) < 4.78 is 15.1. The van der Waals surface area contributed by atoms with Gasteiger partial charge >= 0.3 is 5.97 Å². The molecule has 0 aromatic rings. The van der Waals surface area contributed by atoms with E-state index in [1.54, 1.807) is 0 Å². The van der Waals surface area contributed by atoms with Gasteiger partial charge < -0.3 is 29.2 Å². The molecule has 1 aliphatic heterocycles. The van der Waals surface area contributed by atoms with Crippen molar-refractivity contribution in [3.8, 4) is 0 Å². The molecule has 2 atom stereocenters. The minimum Gasteiger partial charge on any atom is -0.550 e. The Balaban J connectivity index is 0.000000394. The number of hydrogen-bond donors (Lipinski definition) is 1. The smallest absolute Gasteiger partial charge is 0.306 e. The number of aliphatic carboxylic acids is 1. The molecule has 7 nitrogen and oxygen atoms in total. The van der Waals surface area contributed by atoms with Gasteiger partial charge in [0.25, 0.3) is 0 Å². The highest BCUT2D eigenvalue weighted by atomic mass is 16.7. The minimum absolute atomic E-state index is 0.0451. The van der Waals surface area contributed by atoms with Gasteiger partial charge in [0.15, 0.2) is 5.79 Å². The van der Waals surface area contributed by atoms with Crippen LogP contribution in [0.3, 0.4) is 0 Å². The summed E-state index contributed by atoms with van der Waals surface area (Å²) in [6, 6.07) is 0. The molecule has 7 heteroatoms. The highest BCUT2D eigenvalue weighted by Gasteiger charge is 2.31. The Labute approximate surface area is 125 Å². The molecule has 2 unspecified atom stereocenters. The van der Waals surface area contributed by atoms with Gasteiger partial charge in [-0.1, -0.05) is 6.92 Å². The summed E-state index contributed by atoms with van der Waals surface area (Å²) in [5, 5.41) is 18.6. The molecule has 0 aromatic heterocycles. The number of carbonyl (C=O) groups is 2. The second kappa shape index (κ2) is 9.70. The highest BCUT2D eigenvalue weighted by molar-refractivity contribution is 5.70. The van der Waals surface area contributed by atoms with E-state index in [-0.39, 0.29) is 25.1 Å². The number of rotatable bonds is 6. The summed E-state index contributed by atoms with van der Waals surface area (Å²) in [5.74, 6) is -2.05. The van der Waals surface area contributed by atoms with Crippen molar-refractivity contribution in [2.75, 3.05) is 13.2 Å². The summed E-state index contributed by atoms with van der Waals surface area (Å²) >= 11 is 0. The Bertz CT molecular complexity index is 327. The van der Waals surface area contributed by atoms with E-state index in [1.165, 1.54) is 6.92 Å². The summed E-state index contributed by atoms with van der Waals surface area (Å²) in [4.78, 5) is 20.8. The van der Waals surface area contributed by atoms with Gasteiger partial charge in [-0.25, -0.2) is 0 Å². The van der Waals surface area contributed by atoms with Crippen molar-refractivity contribution in [2.24, 2.45) is 0 Å². The molecule has 0 radical (unpaired) electrons. The number of carboxylic acid groups (broad SMARTS) is 1. The first-order valence-corrected chi connectivity index (χ1v) is 7.02. The third kappa shape index (κ3) is 10.2. The molecule has 0 aliphatic carbocycles. The van der Waals surface area contributed by atoms with E-state index < -0.39 is 17.9 Å². The summed E-state index contributed by atoms with van der Waals surface area (Å²) in [6.07, 6.45) is 0.0815. The minimum atomic E-state index is -1.20. The van der Waals surface area contributed by atoms with Gasteiger partial charge in [-0.2, -0.15) is 0 Å². The first-order valence-electron chi connectivity index (χ1n) is 7.02. The first-order chi connectivity index (χ1) is 9.70. The fourth-order valence-electron chi connectivity index (χ4n) is 1.62. The van der Waals surface area contributed by atoms with Crippen LogP contribution in [0.15, 0.2) is 0 Å². The summed E-state index contributed by atoms with van der Waals surface area (Å²) in [6.45, 7) is 7.60. The van der Waals surface area contributed by atoms with Crippen LogP contribution in [0.4, 0.5) is 0 Å². The predicted molar refractivity (Wildman–Crippen MR) is 72.1 cm³/mol. The van der Waals surface area contributed by atoms with Gasteiger partial charge in [0.1, 0.15) is 12.2 Å². The van der Waals surface area contributed by atoms with Gasteiger partial charge in [-0.3, -0.25) is 4.79 Å². The number of esters is 1. The zero-order valence-corrected chi connectivity index (χ0v) is 13.1. The van der Waals surface area contributed by atoms with Gasteiger partial charge in [-0.05, 0) is 27.2 Å². The maximum Gasteiger partial charge on any atom is 0.306 e. The predicted octanol–water partition coefficient (Wildman–Crippen LogP) is -0.0116. The lowest BCUT2D eigenvalue weighted by Gasteiger charge is -2.15. The van der Waals surface area contributed by atoms with Crippen molar-refractivity contribution < 1.29 is 34.0 Å². The van der Waals surface area contributed by atoms with Gasteiger partial charge in [0, 0.05) is 18.8 Å². The monoisotopic (exact) mass is 305 g/mol. The molecule has 0 aromatic carbocycles. The first kappa shape index (κ1) is 19.8. The Morgan fingerprint density at radius 1 is 1.48 bits per heavy atom. The van der Waals surface area contributed by atoms with E-state index in [9.17, 15) is 14.7 Å². The Kier molecular flexibility index (Phi) is 9.16. The standard InChI is InChI=1S/C8H14O4.C6H12O3/c1-3-4-8(11)12-6(2)5-7(9)10;1-6(2)8-4-5(3-7)9-6/h6H,3-5H2,1-2H3,(H,9,10);5,7H,3-4H2,1-2H3/p-1. The molecular formula is C14H25O7-. The van der Waals surface area contributed by atoms with E-state index in [2.05, 4.69) is 0 Å². The average molecular weight is 305 g/mol. The number of carboxylic acids is 1. The molecule has 0 spiro atoms. The molecule has 0 amide bonds. The van der Waals surface area contributed by atoms with Gasteiger partial charge in [0.2, 0.25) is 0 Å². The second-order valence-electron chi connectivity index (χ2n) is 5.26. The molecule has 0 bridgehead atoms. The van der Waals surface area contributed by atoms with Crippen molar-refractivity contribution >= 4 is 11.9 Å². The molecule has 1 heterocycles. The van der Waals surface area contributed by atoms with Crippen LogP contribution in [-0.4, -0.2) is 48.3 Å². The van der Waals surface area contributed by atoms with Crippen LogP contribution in [0.2, 0.25) is 0 Å². The van der Waals surface area contributed by atoms with E-state index in [4.69, 9.17) is 19.3 Å². The van der Waals surface area contributed by atoms with Gasteiger partial charge in [0.05, 0.1) is 13.2 Å². The zero-order valence-electron chi connectivity index (χ0n) is 13.1. The largest absolute Gasteiger partial charge is 0.550 e. The zero-order chi connectivity index (χ0) is 16.5. The maximum atomic E-state index is 10.8. The summed E-state index contributed by atoms with van der Waals surface area (Å²) in [5.41, 5.74) is 0. The van der Waals surface area contributed by atoms with Crippen molar-refractivity contribution in [3.05, 3.63) is 0 Å². The molecule has 1 rings (SSSR count). The van der Waals surface area contributed by atoms with E-state index in [0.29, 0.717) is 19.4 Å². The maximum absolute atomic E-state index is 10.8. The Morgan fingerprint density at radius 2 is 2.10 bits per heavy atom. The number of aliphatic hydroxyl groups excluding tert-OH is 1. The van der Waals surface area contributed by atoms with Crippen LogP contribution in [0.1, 0.15) is 47.0 Å². The molecular weight excluding hydrogens is 280 g/mol. The van der Waals surface area contributed by atoms with Crippen molar-refractivity contribution in [3.63, 3.8) is 0 Å². The lowest BCUT2D eigenvalue weighted by Crippen LogP contribution is -2.28. The third-order valence-electron chi connectivity index (χ3n) is 2.51.